The number of aromatic amines is 1. The van der Waals surface area contributed by atoms with Crippen LogP contribution < -0.4 is 5.32 Å². The number of benzene rings is 2. The van der Waals surface area contributed by atoms with Crippen molar-refractivity contribution in [3.63, 3.8) is 0 Å². The van der Waals surface area contributed by atoms with E-state index in [1.54, 1.807) is 0 Å². The highest BCUT2D eigenvalue weighted by atomic mass is 15.1. The van der Waals surface area contributed by atoms with Crippen LogP contribution in [0, 0.1) is 0 Å². The van der Waals surface area contributed by atoms with Gasteiger partial charge in [0.05, 0.1) is 11.7 Å². The first kappa shape index (κ1) is 16.7. The quantitative estimate of drug-likeness (QED) is 0.711. The van der Waals surface area contributed by atoms with E-state index in [1.807, 2.05) is 6.20 Å². The SMILES string of the molecule is CC(NCCc1ccc(C(C)(C)C)cc1)c1cccc2cn[nH]c12. The highest BCUT2D eigenvalue weighted by Crippen LogP contribution is 2.23. The number of hydrogen-bond donors (Lipinski definition) is 2. The van der Waals surface area contributed by atoms with Crippen molar-refractivity contribution in [1.82, 2.24) is 15.5 Å². The summed E-state index contributed by atoms with van der Waals surface area (Å²) in [6.45, 7) is 9.92. The van der Waals surface area contributed by atoms with Crippen LogP contribution in [-0.2, 0) is 11.8 Å². The van der Waals surface area contributed by atoms with E-state index in [-0.39, 0.29) is 5.41 Å². The van der Waals surface area contributed by atoms with Crippen LogP contribution in [0.15, 0.2) is 48.7 Å². The Kier molecular flexibility index (Phi) is 4.72. The van der Waals surface area contributed by atoms with Crippen LogP contribution in [0.3, 0.4) is 0 Å². The van der Waals surface area contributed by atoms with E-state index in [2.05, 4.69) is 85.7 Å². The molecule has 126 valence electrons. The molecule has 1 atom stereocenters. The molecule has 0 bridgehead atoms. The van der Waals surface area contributed by atoms with Gasteiger partial charge in [-0.15, -0.1) is 0 Å². The van der Waals surface area contributed by atoms with Crippen molar-refractivity contribution in [1.29, 1.82) is 0 Å². The maximum Gasteiger partial charge on any atom is 0.0697 e. The average molecular weight is 321 g/mol. The van der Waals surface area contributed by atoms with Gasteiger partial charge in [-0.2, -0.15) is 5.10 Å². The Morgan fingerprint density at radius 3 is 2.54 bits per heavy atom. The lowest BCUT2D eigenvalue weighted by molar-refractivity contribution is 0.577. The molecule has 2 N–H and O–H groups in total. The molecule has 0 aliphatic rings. The number of rotatable bonds is 5. The van der Waals surface area contributed by atoms with Crippen molar-refractivity contribution in [2.75, 3.05) is 6.54 Å². The molecule has 3 rings (SSSR count). The summed E-state index contributed by atoms with van der Waals surface area (Å²) in [6.07, 6.45) is 2.91. The third-order valence-electron chi connectivity index (χ3n) is 4.66. The van der Waals surface area contributed by atoms with Gasteiger partial charge in [0.1, 0.15) is 0 Å². The second kappa shape index (κ2) is 6.78. The average Bonchev–Trinajstić information content (AvgIpc) is 3.03. The van der Waals surface area contributed by atoms with Gasteiger partial charge in [0, 0.05) is 11.4 Å². The summed E-state index contributed by atoms with van der Waals surface area (Å²) in [7, 11) is 0. The lowest BCUT2D eigenvalue weighted by Crippen LogP contribution is -2.21. The molecule has 0 radical (unpaired) electrons. The Morgan fingerprint density at radius 2 is 1.83 bits per heavy atom. The third-order valence-corrected chi connectivity index (χ3v) is 4.66. The minimum atomic E-state index is 0.216. The smallest absolute Gasteiger partial charge is 0.0697 e. The summed E-state index contributed by atoms with van der Waals surface area (Å²) in [6, 6.07) is 15.7. The molecule has 24 heavy (non-hydrogen) atoms. The van der Waals surface area contributed by atoms with Crippen molar-refractivity contribution in [3.8, 4) is 0 Å². The molecule has 0 amide bonds. The lowest BCUT2D eigenvalue weighted by Gasteiger charge is -2.19. The fourth-order valence-corrected chi connectivity index (χ4v) is 3.07. The highest BCUT2D eigenvalue weighted by Gasteiger charge is 2.13. The number of H-pyrrole nitrogens is 1. The second-order valence-electron chi connectivity index (χ2n) is 7.55. The van der Waals surface area contributed by atoms with Crippen molar-refractivity contribution >= 4 is 10.9 Å². The fraction of sp³-hybridized carbons (Fsp3) is 0.381. The molecule has 3 aromatic rings. The van der Waals surface area contributed by atoms with Gasteiger partial charge in [-0.25, -0.2) is 0 Å². The number of nitrogens with zero attached hydrogens (tertiary/aromatic N) is 1. The Hall–Kier alpha value is -2.13. The zero-order valence-corrected chi connectivity index (χ0v) is 15.1. The Labute approximate surface area is 144 Å². The molecule has 1 aromatic heterocycles. The first-order chi connectivity index (χ1) is 11.4. The van der Waals surface area contributed by atoms with Crippen LogP contribution in [-0.4, -0.2) is 16.7 Å². The first-order valence-corrected chi connectivity index (χ1v) is 8.70. The molecule has 0 aliphatic heterocycles. The maximum absolute atomic E-state index is 4.15. The number of para-hydroxylation sites is 1. The summed E-state index contributed by atoms with van der Waals surface area (Å²) in [5, 5.41) is 12.0. The van der Waals surface area contributed by atoms with Gasteiger partial charge in [0.2, 0.25) is 0 Å². The van der Waals surface area contributed by atoms with E-state index in [9.17, 15) is 0 Å². The first-order valence-electron chi connectivity index (χ1n) is 8.70. The normalized spacial score (nSPS) is 13.3. The predicted octanol–water partition coefficient (Wildman–Crippen LogP) is 4.75. The minimum absolute atomic E-state index is 0.216. The van der Waals surface area contributed by atoms with Crippen LogP contribution in [0.5, 0.6) is 0 Å². The summed E-state index contributed by atoms with van der Waals surface area (Å²) >= 11 is 0. The summed E-state index contributed by atoms with van der Waals surface area (Å²) in [5.74, 6) is 0. The maximum atomic E-state index is 4.15. The topological polar surface area (TPSA) is 40.7 Å². The second-order valence-corrected chi connectivity index (χ2v) is 7.55. The number of aromatic nitrogens is 2. The molecule has 3 heteroatoms. The summed E-state index contributed by atoms with van der Waals surface area (Å²) in [4.78, 5) is 0. The monoisotopic (exact) mass is 321 g/mol. The molecule has 0 fully saturated rings. The van der Waals surface area contributed by atoms with Crippen molar-refractivity contribution < 1.29 is 0 Å². The largest absolute Gasteiger partial charge is 0.310 e. The van der Waals surface area contributed by atoms with Gasteiger partial charge in [-0.1, -0.05) is 63.2 Å². The van der Waals surface area contributed by atoms with Gasteiger partial charge >= 0.3 is 0 Å². The van der Waals surface area contributed by atoms with Crippen LogP contribution >= 0.6 is 0 Å². The Morgan fingerprint density at radius 1 is 1.08 bits per heavy atom. The molecule has 1 heterocycles. The zero-order chi connectivity index (χ0) is 17.2. The predicted molar refractivity (Wildman–Crippen MR) is 101 cm³/mol. The molecule has 0 saturated carbocycles. The zero-order valence-electron chi connectivity index (χ0n) is 15.1. The molecule has 0 spiro atoms. The van der Waals surface area contributed by atoms with E-state index in [4.69, 9.17) is 0 Å². The molecular weight excluding hydrogens is 294 g/mol. The van der Waals surface area contributed by atoms with Gasteiger partial charge in [-0.3, -0.25) is 5.10 Å². The number of hydrogen-bond acceptors (Lipinski definition) is 2. The van der Waals surface area contributed by atoms with E-state index in [0.717, 1.165) is 18.5 Å². The van der Waals surface area contributed by atoms with Gasteiger partial charge < -0.3 is 5.32 Å². The molecule has 3 nitrogen and oxygen atoms in total. The molecule has 0 aliphatic carbocycles. The van der Waals surface area contributed by atoms with Crippen LogP contribution in [0.4, 0.5) is 0 Å². The van der Waals surface area contributed by atoms with Crippen LogP contribution in [0.1, 0.15) is 50.4 Å². The van der Waals surface area contributed by atoms with Gasteiger partial charge in [0.15, 0.2) is 0 Å². The van der Waals surface area contributed by atoms with E-state index >= 15 is 0 Å². The molecule has 2 aromatic carbocycles. The van der Waals surface area contributed by atoms with Gasteiger partial charge in [-0.05, 0) is 42.0 Å². The Balaban J connectivity index is 1.59. The van der Waals surface area contributed by atoms with E-state index in [0.29, 0.717) is 6.04 Å². The number of fused-ring (bicyclic) bond motifs is 1. The van der Waals surface area contributed by atoms with Crippen molar-refractivity contribution in [3.05, 3.63) is 65.4 Å². The fourth-order valence-electron chi connectivity index (χ4n) is 3.07. The Bertz CT molecular complexity index is 794. The molecular formula is C21H27N3. The molecule has 0 saturated heterocycles. The van der Waals surface area contributed by atoms with E-state index < -0.39 is 0 Å². The minimum Gasteiger partial charge on any atom is -0.310 e. The molecule has 1 unspecified atom stereocenters. The van der Waals surface area contributed by atoms with Crippen LogP contribution in [0.2, 0.25) is 0 Å². The summed E-state index contributed by atoms with van der Waals surface area (Å²) < 4.78 is 0. The van der Waals surface area contributed by atoms with Crippen molar-refractivity contribution in [2.45, 2.75) is 45.6 Å². The van der Waals surface area contributed by atoms with E-state index in [1.165, 1.54) is 22.1 Å². The lowest BCUT2D eigenvalue weighted by atomic mass is 9.86. The summed E-state index contributed by atoms with van der Waals surface area (Å²) in [5.41, 5.74) is 5.38. The van der Waals surface area contributed by atoms with Crippen LogP contribution in [0.25, 0.3) is 10.9 Å². The van der Waals surface area contributed by atoms with Gasteiger partial charge in [0.25, 0.3) is 0 Å². The van der Waals surface area contributed by atoms with Crippen molar-refractivity contribution in [2.24, 2.45) is 0 Å². The number of nitrogens with one attached hydrogen (secondary N) is 2. The third kappa shape index (κ3) is 3.68. The standard InChI is InChI=1S/C21H27N3/c1-15(19-7-5-6-17-14-23-24-20(17)19)22-13-12-16-8-10-18(11-9-16)21(2,3)4/h5-11,14-15,22H,12-13H2,1-4H3,(H,23,24). The highest BCUT2D eigenvalue weighted by molar-refractivity contribution is 5.81.